The lowest BCUT2D eigenvalue weighted by Gasteiger charge is -2.21. The molecule has 3 N–H and O–H groups in total. The molecule has 0 radical (unpaired) electrons. The van der Waals surface area contributed by atoms with Gasteiger partial charge in [-0.1, -0.05) is 370 Å². The maximum atomic E-state index is 13.1. The van der Waals surface area contributed by atoms with Crippen molar-refractivity contribution < 1.29 is 80.2 Å². The summed E-state index contributed by atoms with van der Waals surface area (Å²) >= 11 is 0. The number of rotatable bonds is 79. The van der Waals surface area contributed by atoms with E-state index in [0.29, 0.717) is 25.7 Å². The predicted molar refractivity (Wildman–Crippen MR) is 409 cm³/mol. The first-order valence-corrected chi connectivity index (χ1v) is 44.8. The molecule has 0 aliphatic rings. The minimum absolute atomic E-state index is 0.107. The monoisotopic (exact) mass is 1470 g/mol. The van der Waals surface area contributed by atoms with Gasteiger partial charge in [0.25, 0.3) is 0 Å². The van der Waals surface area contributed by atoms with Gasteiger partial charge in [0.15, 0.2) is 12.2 Å². The van der Waals surface area contributed by atoms with Crippen LogP contribution in [0.5, 0.6) is 0 Å². The fourth-order valence-corrected chi connectivity index (χ4v) is 14.1. The number of ether oxygens (including phenoxy) is 4. The number of phosphoric acid groups is 2. The molecule has 0 spiro atoms. The highest BCUT2D eigenvalue weighted by Crippen LogP contribution is 2.45. The van der Waals surface area contributed by atoms with E-state index < -0.39 is 97.5 Å². The number of esters is 4. The van der Waals surface area contributed by atoms with Gasteiger partial charge in [0, 0.05) is 25.7 Å². The highest BCUT2D eigenvalue weighted by molar-refractivity contribution is 7.47. The highest BCUT2D eigenvalue weighted by Gasteiger charge is 2.30. The van der Waals surface area contributed by atoms with Gasteiger partial charge in [0.05, 0.1) is 26.4 Å². The van der Waals surface area contributed by atoms with Crippen molar-refractivity contribution in [2.45, 2.75) is 439 Å². The minimum atomic E-state index is -4.96. The molecule has 0 aromatic rings. The highest BCUT2D eigenvalue weighted by atomic mass is 31.2. The molecular weight excluding hydrogens is 1310 g/mol. The van der Waals surface area contributed by atoms with Crippen LogP contribution < -0.4 is 0 Å². The van der Waals surface area contributed by atoms with Crippen LogP contribution in [0, 0.1) is 17.8 Å². The lowest BCUT2D eigenvalue weighted by atomic mass is 10.0. The van der Waals surface area contributed by atoms with Gasteiger partial charge in [-0.2, -0.15) is 0 Å². The molecule has 0 fully saturated rings. The van der Waals surface area contributed by atoms with Crippen molar-refractivity contribution in [2.75, 3.05) is 39.6 Å². The quantitative estimate of drug-likeness (QED) is 0.0222. The summed E-state index contributed by atoms with van der Waals surface area (Å²) in [5.41, 5.74) is 0. The Bertz CT molecular complexity index is 1940. The Labute approximate surface area is 613 Å². The number of carbonyl (C=O) groups is 4. The number of unbranched alkanes of at least 4 members (excludes halogenated alkanes) is 47. The summed E-state index contributed by atoms with van der Waals surface area (Å²) in [6.45, 7) is 11.9. The van der Waals surface area contributed by atoms with E-state index in [1.807, 2.05) is 0 Å². The van der Waals surface area contributed by atoms with E-state index in [2.05, 4.69) is 48.5 Å². The Morgan fingerprint density at radius 1 is 0.270 bits per heavy atom. The lowest BCUT2D eigenvalue weighted by molar-refractivity contribution is -0.161. The molecule has 0 saturated carbocycles. The number of phosphoric ester groups is 2. The van der Waals surface area contributed by atoms with Crippen LogP contribution in [0.4, 0.5) is 0 Å². The van der Waals surface area contributed by atoms with E-state index >= 15 is 0 Å². The largest absolute Gasteiger partial charge is 0.472 e. The van der Waals surface area contributed by atoms with Crippen LogP contribution in [0.1, 0.15) is 421 Å². The molecule has 594 valence electrons. The van der Waals surface area contributed by atoms with E-state index in [1.54, 1.807) is 0 Å². The summed E-state index contributed by atoms with van der Waals surface area (Å²) in [4.78, 5) is 73.1. The Kier molecular flexibility index (Phi) is 69.9. The van der Waals surface area contributed by atoms with Crippen molar-refractivity contribution >= 4 is 39.5 Å². The Morgan fingerprint density at radius 2 is 0.460 bits per heavy atom. The molecule has 0 aliphatic carbocycles. The zero-order valence-electron chi connectivity index (χ0n) is 65.7. The summed E-state index contributed by atoms with van der Waals surface area (Å²) in [6.07, 6.45) is 59.6. The first-order chi connectivity index (χ1) is 48.2. The fourth-order valence-electron chi connectivity index (χ4n) is 12.5. The zero-order chi connectivity index (χ0) is 73.7. The Balaban J connectivity index is 5.26. The first-order valence-electron chi connectivity index (χ1n) is 41.8. The van der Waals surface area contributed by atoms with E-state index in [1.165, 1.54) is 231 Å². The maximum absolute atomic E-state index is 13.1. The number of hydrogen-bond donors (Lipinski definition) is 3. The van der Waals surface area contributed by atoms with Gasteiger partial charge in [-0.05, 0) is 43.4 Å². The summed E-state index contributed by atoms with van der Waals surface area (Å²) in [7, 11) is -9.92. The van der Waals surface area contributed by atoms with Crippen LogP contribution in [0.2, 0.25) is 0 Å². The number of aliphatic hydroxyl groups excluding tert-OH is 1. The van der Waals surface area contributed by atoms with E-state index in [4.69, 9.17) is 37.0 Å². The minimum Gasteiger partial charge on any atom is -0.462 e. The summed E-state index contributed by atoms with van der Waals surface area (Å²) < 4.78 is 68.7. The van der Waals surface area contributed by atoms with Gasteiger partial charge in [0.2, 0.25) is 0 Å². The molecule has 100 heavy (non-hydrogen) atoms. The van der Waals surface area contributed by atoms with Gasteiger partial charge in [0.1, 0.15) is 19.3 Å². The third-order valence-electron chi connectivity index (χ3n) is 18.9. The topological polar surface area (TPSA) is 237 Å². The van der Waals surface area contributed by atoms with Crippen molar-refractivity contribution in [1.82, 2.24) is 0 Å². The number of hydrogen-bond acceptors (Lipinski definition) is 15. The standard InChI is InChI=1S/C81H158O17P2/c1-8-9-10-11-12-13-14-15-16-17-18-23-29-34-43-50-57-64-80(85)97-76(68-91-78(83)62-55-48-41-33-28-24-19-21-26-31-38-45-52-59-72(2)3)70-95-99(87,88)93-66-75(82)67-94-100(89,90)96-71-77(69-92-79(84)63-56-49-42-37-36-40-47-54-61-74(6)7)98-81(86)65-58-51-44-35-30-25-20-22-27-32-39-46-53-60-73(4)5/h72-77,82H,8-71H2,1-7H3,(H,87,88)(H,89,90)/t75-,76-,77-/m1/s1. The second-order valence-corrected chi connectivity index (χ2v) is 33.5. The summed E-state index contributed by atoms with van der Waals surface area (Å²) in [5.74, 6) is 0.194. The molecule has 5 atom stereocenters. The molecular formula is C81H158O17P2. The van der Waals surface area contributed by atoms with Gasteiger partial charge >= 0.3 is 39.5 Å². The molecule has 0 amide bonds. The van der Waals surface area contributed by atoms with Crippen molar-refractivity contribution in [3.8, 4) is 0 Å². The van der Waals surface area contributed by atoms with Gasteiger partial charge in [-0.3, -0.25) is 37.3 Å². The molecule has 0 rings (SSSR count). The fraction of sp³-hybridized carbons (Fsp3) is 0.951. The van der Waals surface area contributed by atoms with Crippen molar-refractivity contribution in [3.05, 3.63) is 0 Å². The van der Waals surface area contributed by atoms with Crippen molar-refractivity contribution in [1.29, 1.82) is 0 Å². The molecule has 0 saturated heterocycles. The van der Waals surface area contributed by atoms with Crippen LogP contribution in [-0.2, 0) is 65.4 Å². The molecule has 0 aromatic heterocycles. The second kappa shape index (κ2) is 71.3. The zero-order valence-corrected chi connectivity index (χ0v) is 67.5. The molecule has 0 aromatic carbocycles. The summed E-state index contributed by atoms with van der Waals surface area (Å²) in [5, 5.41) is 10.6. The van der Waals surface area contributed by atoms with Gasteiger partial charge in [-0.25, -0.2) is 9.13 Å². The summed E-state index contributed by atoms with van der Waals surface area (Å²) in [6, 6.07) is 0. The predicted octanol–water partition coefficient (Wildman–Crippen LogP) is 24.1. The Hall–Kier alpha value is -1.94. The van der Waals surface area contributed by atoms with Crippen LogP contribution in [-0.4, -0.2) is 96.7 Å². The van der Waals surface area contributed by atoms with Gasteiger partial charge in [-0.15, -0.1) is 0 Å². The molecule has 2 unspecified atom stereocenters. The average molecular weight is 1470 g/mol. The number of carbonyl (C=O) groups excluding carboxylic acids is 4. The third-order valence-corrected chi connectivity index (χ3v) is 20.8. The normalized spacial score (nSPS) is 14.0. The lowest BCUT2D eigenvalue weighted by Crippen LogP contribution is -2.30. The average Bonchev–Trinajstić information content (AvgIpc) is 0.953. The first kappa shape index (κ1) is 98.1. The third kappa shape index (κ3) is 74.3. The maximum Gasteiger partial charge on any atom is 0.472 e. The Morgan fingerprint density at radius 3 is 0.680 bits per heavy atom. The second-order valence-electron chi connectivity index (χ2n) is 30.6. The molecule has 0 bridgehead atoms. The molecule has 0 aliphatic heterocycles. The van der Waals surface area contributed by atoms with Crippen LogP contribution in [0.3, 0.4) is 0 Å². The van der Waals surface area contributed by atoms with Gasteiger partial charge < -0.3 is 33.8 Å². The van der Waals surface area contributed by atoms with Crippen LogP contribution in [0.15, 0.2) is 0 Å². The van der Waals surface area contributed by atoms with Crippen LogP contribution in [0.25, 0.3) is 0 Å². The smallest absolute Gasteiger partial charge is 0.462 e. The van der Waals surface area contributed by atoms with E-state index in [0.717, 1.165) is 108 Å². The van der Waals surface area contributed by atoms with E-state index in [9.17, 15) is 43.2 Å². The number of aliphatic hydroxyl groups is 1. The molecule has 19 heteroatoms. The molecule has 17 nitrogen and oxygen atoms in total. The van der Waals surface area contributed by atoms with Crippen molar-refractivity contribution in [3.63, 3.8) is 0 Å². The van der Waals surface area contributed by atoms with Crippen molar-refractivity contribution in [2.24, 2.45) is 17.8 Å². The van der Waals surface area contributed by atoms with E-state index in [-0.39, 0.29) is 25.7 Å². The molecule has 0 heterocycles. The SMILES string of the molecule is CCCCCCCCCCCCCCCCCCCC(=O)O[C@H](COC(=O)CCCCCCCCCCCCCCCC(C)C)COP(=O)(O)OC[C@@H](O)COP(=O)(O)OC[C@@H](COC(=O)CCCCCCCCCCC(C)C)OC(=O)CCCCCCCCCCCCCCCC(C)C. The van der Waals surface area contributed by atoms with Crippen LogP contribution >= 0.6 is 15.6 Å².